The number of amides is 1. The van der Waals surface area contributed by atoms with Crippen LogP contribution in [-0.2, 0) is 16.7 Å². The van der Waals surface area contributed by atoms with Crippen molar-refractivity contribution >= 4 is 28.5 Å². The number of benzene rings is 2. The first-order valence-electron chi connectivity index (χ1n) is 9.09. The lowest BCUT2D eigenvalue weighted by molar-refractivity contribution is -0.137. The molecular formula is C20H19F3N4OS. The second-order valence-electron chi connectivity index (χ2n) is 6.93. The molecule has 0 bridgehead atoms. The average Bonchev–Trinajstić information content (AvgIpc) is 3.16. The van der Waals surface area contributed by atoms with Crippen LogP contribution in [0.25, 0.3) is 0 Å². The minimum Gasteiger partial charge on any atom is -0.274 e. The number of thioether (sulfide) groups is 1. The van der Waals surface area contributed by atoms with Crippen LogP contribution in [0.4, 0.5) is 18.9 Å². The van der Waals surface area contributed by atoms with Crippen molar-refractivity contribution in [2.45, 2.75) is 25.0 Å². The Kier molecular flexibility index (Phi) is 5.37. The van der Waals surface area contributed by atoms with Gasteiger partial charge in [0.05, 0.1) is 17.2 Å². The molecule has 0 aliphatic carbocycles. The van der Waals surface area contributed by atoms with E-state index in [4.69, 9.17) is 4.99 Å². The molecule has 2 aliphatic rings. The van der Waals surface area contributed by atoms with Crippen molar-refractivity contribution in [1.29, 1.82) is 0 Å². The number of nitrogens with one attached hydrogen (secondary N) is 2. The Balaban J connectivity index is 1.59. The molecule has 2 aromatic carbocycles. The molecule has 4 rings (SSSR count). The summed E-state index contributed by atoms with van der Waals surface area (Å²) in [7, 11) is 0. The number of aliphatic imine (C=N–C) groups is 1. The van der Waals surface area contributed by atoms with Gasteiger partial charge in [-0.15, -0.1) is 0 Å². The number of anilines is 1. The molecule has 1 amide bonds. The first kappa shape index (κ1) is 19.9. The van der Waals surface area contributed by atoms with Crippen LogP contribution in [-0.4, -0.2) is 23.8 Å². The summed E-state index contributed by atoms with van der Waals surface area (Å²) in [5.74, 6) is 0.0500. The number of aryl methyl sites for hydroxylation is 1. The van der Waals surface area contributed by atoms with Gasteiger partial charge < -0.3 is 0 Å². The molecule has 1 saturated heterocycles. The van der Waals surface area contributed by atoms with Crippen molar-refractivity contribution in [3.63, 3.8) is 0 Å². The number of carbonyl (C=O) groups excluding carboxylic acids is 1. The quantitative estimate of drug-likeness (QED) is 0.795. The second-order valence-corrected chi connectivity index (χ2v) is 7.87. The first-order chi connectivity index (χ1) is 13.8. The number of carbonyl (C=O) groups is 1. The summed E-state index contributed by atoms with van der Waals surface area (Å²) in [6.07, 6.45) is -4.71. The predicted octanol–water partition coefficient (Wildman–Crippen LogP) is 3.70. The number of hydrogen-bond acceptors (Lipinski definition) is 5. The van der Waals surface area contributed by atoms with Gasteiger partial charge >= 0.3 is 6.18 Å². The van der Waals surface area contributed by atoms with Crippen LogP contribution in [0, 0.1) is 12.8 Å². The van der Waals surface area contributed by atoms with Crippen molar-refractivity contribution < 1.29 is 18.0 Å². The summed E-state index contributed by atoms with van der Waals surface area (Å²) in [5, 5.41) is 0.529. The van der Waals surface area contributed by atoms with Crippen LogP contribution in [0.5, 0.6) is 0 Å². The summed E-state index contributed by atoms with van der Waals surface area (Å²) < 4.78 is 38.3. The summed E-state index contributed by atoms with van der Waals surface area (Å²) in [5.41, 5.74) is 7.74. The van der Waals surface area contributed by atoms with Gasteiger partial charge in [-0.3, -0.25) is 15.1 Å². The number of halogens is 3. The Labute approximate surface area is 170 Å². The molecule has 2 aliphatic heterocycles. The molecule has 2 heterocycles. The third-order valence-electron chi connectivity index (χ3n) is 4.94. The van der Waals surface area contributed by atoms with Gasteiger partial charge in [0.1, 0.15) is 6.17 Å². The van der Waals surface area contributed by atoms with Crippen molar-refractivity contribution in [3.8, 4) is 0 Å². The minimum atomic E-state index is -4.36. The van der Waals surface area contributed by atoms with Crippen LogP contribution in [0.1, 0.15) is 16.7 Å². The Bertz CT molecular complexity index is 945. The summed E-state index contributed by atoms with van der Waals surface area (Å²) in [4.78, 5) is 19.5. The van der Waals surface area contributed by atoms with E-state index < -0.39 is 11.7 Å². The molecule has 0 saturated carbocycles. The number of nitrogens with zero attached hydrogens (tertiary/aromatic N) is 2. The standard InChI is InChI=1S/C20H19F3N4OS/c1-12-4-2-3-5-16(12)27-18(28)15-10-24-26-17(15)25-19(27)29-11-13-6-8-14(9-7-13)20(21,22)23/h2-9,15,17,24,26H,10-11H2,1H3. The van der Waals surface area contributed by atoms with E-state index in [1.54, 1.807) is 4.90 Å². The van der Waals surface area contributed by atoms with Crippen LogP contribution in [0.2, 0.25) is 0 Å². The molecule has 5 nitrogen and oxygen atoms in total. The fraction of sp³-hybridized carbons (Fsp3) is 0.300. The van der Waals surface area contributed by atoms with Gasteiger partial charge in [0, 0.05) is 12.3 Å². The topological polar surface area (TPSA) is 56.7 Å². The lowest BCUT2D eigenvalue weighted by Gasteiger charge is -2.33. The Morgan fingerprint density at radius 2 is 1.90 bits per heavy atom. The number of hydrazine groups is 1. The minimum absolute atomic E-state index is 0.0493. The average molecular weight is 420 g/mol. The molecule has 9 heteroatoms. The fourth-order valence-corrected chi connectivity index (χ4v) is 4.34. The van der Waals surface area contributed by atoms with Gasteiger partial charge in [-0.25, -0.2) is 10.4 Å². The fourth-order valence-electron chi connectivity index (χ4n) is 3.34. The zero-order valence-corrected chi connectivity index (χ0v) is 16.3. The summed E-state index contributed by atoms with van der Waals surface area (Å²) in [6, 6.07) is 12.6. The van der Waals surface area contributed by atoms with E-state index in [0.29, 0.717) is 17.5 Å². The Morgan fingerprint density at radius 3 is 2.59 bits per heavy atom. The zero-order valence-electron chi connectivity index (χ0n) is 15.5. The molecular weight excluding hydrogens is 401 g/mol. The van der Waals surface area contributed by atoms with Crippen molar-refractivity contribution in [2.75, 3.05) is 11.4 Å². The Morgan fingerprint density at radius 1 is 1.17 bits per heavy atom. The van der Waals surface area contributed by atoms with Crippen LogP contribution >= 0.6 is 11.8 Å². The van der Waals surface area contributed by atoms with Gasteiger partial charge in [0.15, 0.2) is 5.17 Å². The van der Waals surface area contributed by atoms with E-state index in [0.717, 1.165) is 28.9 Å². The number of alkyl halides is 3. The Hall–Kier alpha value is -2.36. The lowest BCUT2D eigenvalue weighted by Crippen LogP contribution is -2.49. The second kappa shape index (κ2) is 7.81. The first-order valence-corrected chi connectivity index (χ1v) is 10.1. The van der Waals surface area contributed by atoms with Gasteiger partial charge in [0.25, 0.3) is 0 Å². The number of hydrogen-bond donors (Lipinski definition) is 2. The SMILES string of the molecule is Cc1ccccc1N1C(=O)C2CNNC2N=C1SCc1ccc(C(F)(F)F)cc1. The molecule has 152 valence electrons. The maximum absolute atomic E-state index is 13.2. The maximum atomic E-state index is 13.2. The zero-order chi connectivity index (χ0) is 20.6. The van der Waals surface area contributed by atoms with E-state index in [9.17, 15) is 18.0 Å². The van der Waals surface area contributed by atoms with Gasteiger partial charge in [-0.2, -0.15) is 13.2 Å². The monoisotopic (exact) mass is 420 g/mol. The predicted molar refractivity (Wildman–Crippen MR) is 107 cm³/mol. The number of fused-ring (bicyclic) bond motifs is 1. The smallest absolute Gasteiger partial charge is 0.274 e. The summed E-state index contributed by atoms with van der Waals surface area (Å²) >= 11 is 1.33. The van der Waals surface area contributed by atoms with E-state index in [-0.39, 0.29) is 18.0 Å². The largest absolute Gasteiger partial charge is 0.416 e. The molecule has 1 fully saturated rings. The highest BCUT2D eigenvalue weighted by atomic mass is 32.2. The third kappa shape index (κ3) is 4.03. The molecule has 2 atom stereocenters. The lowest BCUT2D eigenvalue weighted by atomic mass is 10.0. The van der Waals surface area contributed by atoms with Crippen LogP contribution < -0.4 is 15.8 Å². The molecule has 0 radical (unpaired) electrons. The van der Waals surface area contributed by atoms with Gasteiger partial charge in [0.2, 0.25) is 5.91 Å². The highest BCUT2D eigenvalue weighted by Crippen LogP contribution is 2.33. The molecule has 2 aromatic rings. The van der Waals surface area contributed by atoms with E-state index in [2.05, 4.69) is 10.9 Å². The van der Waals surface area contributed by atoms with Crippen molar-refractivity contribution in [2.24, 2.45) is 10.9 Å². The highest BCUT2D eigenvalue weighted by molar-refractivity contribution is 8.13. The van der Waals surface area contributed by atoms with Crippen molar-refractivity contribution in [3.05, 3.63) is 65.2 Å². The molecule has 0 spiro atoms. The van der Waals surface area contributed by atoms with E-state index in [1.807, 2.05) is 31.2 Å². The summed E-state index contributed by atoms with van der Waals surface area (Å²) in [6.45, 7) is 2.42. The number of para-hydroxylation sites is 1. The molecule has 2 N–H and O–H groups in total. The van der Waals surface area contributed by atoms with E-state index >= 15 is 0 Å². The van der Waals surface area contributed by atoms with E-state index in [1.165, 1.54) is 23.9 Å². The third-order valence-corrected chi connectivity index (χ3v) is 5.96. The van der Waals surface area contributed by atoms with Crippen LogP contribution in [0.3, 0.4) is 0 Å². The maximum Gasteiger partial charge on any atom is 0.416 e. The number of rotatable bonds is 3. The molecule has 0 aromatic heterocycles. The molecule has 2 unspecified atom stereocenters. The molecule has 29 heavy (non-hydrogen) atoms. The van der Waals surface area contributed by atoms with Gasteiger partial charge in [-0.1, -0.05) is 42.1 Å². The van der Waals surface area contributed by atoms with Crippen molar-refractivity contribution in [1.82, 2.24) is 10.9 Å². The van der Waals surface area contributed by atoms with Crippen LogP contribution in [0.15, 0.2) is 53.5 Å². The highest BCUT2D eigenvalue weighted by Gasteiger charge is 2.42. The normalized spacial score (nSPS) is 21.9. The number of amidine groups is 1. The van der Waals surface area contributed by atoms with Gasteiger partial charge in [-0.05, 0) is 36.2 Å².